The summed E-state index contributed by atoms with van der Waals surface area (Å²) in [6.45, 7) is 1.27. The molecule has 0 radical (unpaired) electrons. The fourth-order valence-electron chi connectivity index (χ4n) is 2.44. The molecule has 0 aromatic heterocycles. The lowest BCUT2D eigenvalue weighted by Crippen LogP contribution is -2.13. The number of ether oxygens (including phenoxy) is 1. The average molecular weight is 450 g/mol. The van der Waals surface area contributed by atoms with Crippen molar-refractivity contribution in [3.63, 3.8) is 0 Å². The number of amides is 1. The molecule has 10 heteroatoms. The van der Waals surface area contributed by atoms with Crippen LogP contribution in [0.15, 0.2) is 30.3 Å². The number of hydrogen-bond donors (Lipinski definition) is 2. The molecule has 2 aromatic rings. The van der Waals surface area contributed by atoms with Crippen molar-refractivity contribution in [2.24, 2.45) is 0 Å². The van der Waals surface area contributed by atoms with E-state index >= 15 is 0 Å². The second-order valence-electron chi connectivity index (χ2n) is 6.07. The summed E-state index contributed by atoms with van der Waals surface area (Å²) in [4.78, 5) is 22.3. The molecule has 2 aromatic carbocycles. The maximum Gasteiger partial charge on any atom is 0.416 e. The highest BCUT2D eigenvalue weighted by atomic mass is 35.5. The van der Waals surface area contributed by atoms with Crippen LogP contribution in [0.2, 0.25) is 10.0 Å². The smallest absolute Gasteiger partial charge is 0.416 e. The Hall–Kier alpha value is -2.45. The lowest BCUT2D eigenvalue weighted by Gasteiger charge is -2.15. The molecule has 29 heavy (non-hydrogen) atoms. The zero-order chi connectivity index (χ0) is 21.8. The first kappa shape index (κ1) is 22.8. The van der Waals surface area contributed by atoms with Crippen molar-refractivity contribution in [2.45, 2.75) is 32.5 Å². The second kappa shape index (κ2) is 9.37. The molecule has 5 nitrogen and oxygen atoms in total. The van der Waals surface area contributed by atoms with Crippen molar-refractivity contribution in [1.29, 1.82) is 0 Å². The lowest BCUT2D eigenvalue weighted by atomic mass is 10.1. The molecule has 156 valence electrons. The first-order valence-corrected chi connectivity index (χ1v) is 9.08. The number of aliphatic carboxylic acids is 1. The van der Waals surface area contributed by atoms with Crippen LogP contribution in [0.3, 0.4) is 0 Å². The van der Waals surface area contributed by atoms with E-state index in [0.717, 1.165) is 12.1 Å². The van der Waals surface area contributed by atoms with Crippen LogP contribution in [0.5, 0.6) is 5.75 Å². The summed E-state index contributed by atoms with van der Waals surface area (Å²) in [7, 11) is 0. The minimum atomic E-state index is -4.62. The van der Waals surface area contributed by atoms with Gasteiger partial charge in [-0.25, -0.2) is 0 Å². The van der Waals surface area contributed by atoms with Gasteiger partial charge in [-0.15, -0.1) is 0 Å². The summed E-state index contributed by atoms with van der Waals surface area (Å²) >= 11 is 12.1. The standard InChI is InChI=1S/C19H16Cl2F3NO4/c1-2-16(26)25-13-4-11(3-12(8-13)19(22,23)24)9-29-18-14(20)5-10(6-15(18)21)7-17(27)28/h3-6,8H,2,7,9H2,1H3,(H,25,26)(H,27,28). The van der Waals surface area contributed by atoms with Gasteiger partial charge in [0, 0.05) is 12.1 Å². The maximum atomic E-state index is 13.2. The summed E-state index contributed by atoms with van der Waals surface area (Å²) in [5.41, 5.74) is -0.477. The second-order valence-corrected chi connectivity index (χ2v) is 6.88. The van der Waals surface area contributed by atoms with Crippen molar-refractivity contribution >= 4 is 40.8 Å². The van der Waals surface area contributed by atoms with Crippen LogP contribution in [0, 0.1) is 0 Å². The first-order valence-electron chi connectivity index (χ1n) is 8.33. The van der Waals surface area contributed by atoms with Gasteiger partial charge in [0.05, 0.1) is 22.0 Å². The average Bonchev–Trinajstić information content (AvgIpc) is 2.59. The quantitative estimate of drug-likeness (QED) is 0.579. The van der Waals surface area contributed by atoms with Crippen LogP contribution in [0.1, 0.15) is 30.0 Å². The van der Waals surface area contributed by atoms with Crippen LogP contribution in [0.25, 0.3) is 0 Å². The number of anilines is 1. The Balaban J connectivity index is 2.28. The summed E-state index contributed by atoms with van der Waals surface area (Å²) in [6, 6.07) is 5.79. The van der Waals surface area contributed by atoms with Crippen LogP contribution >= 0.6 is 23.2 Å². The van der Waals surface area contributed by atoms with E-state index in [2.05, 4.69) is 5.32 Å². The van der Waals surface area contributed by atoms with Crippen molar-refractivity contribution in [1.82, 2.24) is 0 Å². The number of nitrogens with one attached hydrogen (secondary N) is 1. The van der Waals surface area contributed by atoms with Crippen molar-refractivity contribution in [3.05, 3.63) is 57.1 Å². The molecule has 0 unspecified atom stereocenters. The van der Waals surface area contributed by atoms with Gasteiger partial charge in [0.2, 0.25) is 5.91 Å². The minimum absolute atomic E-state index is 0.0130. The van der Waals surface area contributed by atoms with Gasteiger partial charge in [-0.1, -0.05) is 30.1 Å². The summed E-state index contributed by atoms with van der Waals surface area (Å²) in [6.07, 6.45) is -4.81. The molecule has 0 saturated heterocycles. The highest BCUT2D eigenvalue weighted by molar-refractivity contribution is 6.37. The number of rotatable bonds is 7. The third kappa shape index (κ3) is 6.54. The zero-order valence-corrected chi connectivity index (χ0v) is 16.6. The van der Waals surface area contributed by atoms with Crippen LogP contribution < -0.4 is 10.1 Å². The molecule has 1 amide bonds. The van der Waals surface area contributed by atoms with Gasteiger partial charge in [-0.3, -0.25) is 9.59 Å². The molecule has 0 atom stereocenters. The highest BCUT2D eigenvalue weighted by Crippen LogP contribution is 2.36. The number of hydrogen-bond acceptors (Lipinski definition) is 3. The minimum Gasteiger partial charge on any atom is -0.486 e. The fraction of sp³-hybridized carbons (Fsp3) is 0.263. The summed E-state index contributed by atoms with van der Waals surface area (Å²) < 4.78 is 45.0. The number of carboxylic acids is 1. The van der Waals surface area contributed by atoms with Gasteiger partial charge in [0.1, 0.15) is 6.61 Å². The van der Waals surface area contributed by atoms with Crippen molar-refractivity contribution < 1.29 is 32.6 Å². The molecule has 0 aliphatic rings. The Morgan fingerprint density at radius 3 is 2.21 bits per heavy atom. The molecule has 0 heterocycles. The van der Waals surface area contributed by atoms with Crippen LogP contribution in [-0.4, -0.2) is 17.0 Å². The van der Waals surface area contributed by atoms with Crippen molar-refractivity contribution in [2.75, 3.05) is 5.32 Å². The molecule has 2 N–H and O–H groups in total. The van der Waals surface area contributed by atoms with E-state index in [4.69, 9.17) is 33.0 Å². The normalized spacial score (nSPS) is 11.2. The van der Waals surface area contributed by atoms with Crippen molar-refractivity contribution in [3.8, 4) is 5.75 Å². The molecule has 0 bridgehead atoms. The van der Waals surface area contributed by atoms with Crippen LogP contribution in [0.4, 0.5) is 18.9 Å². The maximum absolute atomic E-state index is 13.2. The molecule has 0 saturated carbocycles. The van der Waals surface area contributed by atoms with E-state index < -0.39 is 23.6 Å². The number of benzene rings is 2. The molecule has 0 spiro atoms. The lowest BCUT2D eigenvalue weighted by molar-refractivity contribution is -0.138. The van der Waals surface area contributed by atoms with E-state index in [9.17, 15) is 22.8 Å². The van der Waals surface area contributed by atoms with Gasteiger partial charge >= 0.3 is 12.1 Å². The Bertz CT molecular complexity index is 909. The SMILES string of the molecule is CCC(=O)Nc1cc(COc2c(Cl)cc(CC(=O)O)cc2Cl)cc(C(F)(F)F)c1. The fourth-order valence-corrected chi connectivity index (χ4v) is 3.08. The van der Waals surface area contributed by atoms with Gasteiger partial charge in [-0.2, -0.15) is 13.2 Å². The summed E-state index contributed by atoms with van der Waals surface area (Å²) in [5, 5.41) is 11.3. The van der Waals surface area contributed by atoms with E-state index in [1.54, 1.807) is 6.92 Å². The number of carbonyl (C=O) groups excluding carboxylic acids is 1. The number of carbonyl (C=O) groups is 2. The first-order chi connectivity index (χ1) is 13.5. The number of carboxylic acid groups (broad SMARTS) is 1. The number of halogens is 5. The summed E-state index contributed by atoms with van der Waals surface area (Å²) in [5.74, 6) is -1.49. The Morgan fingerprint density at radius 1 is 1.07 bits per heavy atom. The largest absolute Gasteiger partial charge is 0.486 e. The molecular formula is C19H16Cl2F3NO4. The van der Waals surface area contributed by atoms with E-state index in [1.165, 1.54) is 18.2 Å². The molecule has 0 aliphatic carbocycles. The Labute approximate surface area is 174 Å². The van der Waals surface area contributed by atoms with Crippen LogP contribution in [-0.2, 0) is 28.8 Å². The predicted molar refractivity (Wildman–Crippen MR) is 102 cm³/mol. The molecule has 0 aliphatic heterocycles. The molecular weight excluding hydrogens is 434 g/mol. The Morgan fingerprint density at radius 2 is 1.69 bits per heavy atom. The van der Waals surface area contributed by atoms with Gasteiger partial charge in [-0.05, 0) is 41.5 Å². The van der Waals surface area contributed by atoms with Gasteiger partial charge < -0.3 is 15.2 Å². The van der Waals surface area contributed by atoms with E-state index in [1.807, 2.05) is 0 Å². The third-order valence-corrected chi connectivity index (χ3v) is 4.28. The zero-order valence-electron chi connectivity index (χ0n) is 15.1. The third-order valence-electron chi connectivity index (χ3n) is 3.72. The predicted octanol–water partition coefficient (Wildman–Crippen LogP) is 5.57. The van der Waals surface area contributed by atoms with E-state index in [-0.39, 0.29) is 46.5 Å². The number of alkyl halides is 3. The Kier molecular flexibility index (Phi) is 7.37. The van der Waals surface area contributed by atoms with E-state index in [0.29, 0.717) is 5.56 Å². The molecule has 0 fully saturated rings. The van der Waals surface area contributed by atoms with Gasteiger partial charge in [0.15, 0.2) is 5.75 Å². The highest BCUT2D eigenvalue weighted by Gasteiger charge is 2.31. The van der Waals surface area contributed by atoms with Gasteiger partial charge in [0.25, 0.3) is 0 Å². The molecule has 2 rings (SSSR count). The monoisotopic (exact) mass is 449 g/mol. The topological polar surface area (TPSA) is 75.6 Å².